The van der Waals surface area contributed by atoms with Gasteiger partial charge in [-0.2, -0.15) is 5.10 Å². The molecule has 0 atom stereocenters. The molecule has 27 heavy (non-hydrogen) atoms. The first-order valence-electron chi connectivity index (χ1n) is 9.31. The third kappa shape index (κ3) is 4.43. The number of amides is 1. The maximum Gasteiger partial charge on any atom is 0.226 e. The molecule has 0 unspecified atom stereocenters. The normalized spacial score (nSPS) is 13.8. The zero-order valence-electron chi connectivity index (χ0n) is 15.1. The van der Waals surface area contributed by atoms with Crippen molar-refractivity contribution in [1.29, 1.82) is 0 Å². The first-order chi connectivity index (χ1) is 13.3. The van der Waals surface area contributed by atoms with Gasteiger partial charge in [-0.05, 0) is 31.2 Å². The predicted octanol–water partition coefficient (Wildman–Crippen LogP) is 2.28. The fourth-order valence-corrected chi connectivity index (χ4v) is 3.16. The summed E-state index contributed by atoms with van der Waals surface area (Å²) >= 11 is 0. The van der Waals surface area contributed by atoms with Crippen molar-refractivity contribution in [2.75, 3.05) is 6.54 Å². The van der Waals surface area contributed by atoms with Gasteiger partial charge in [-0.15, -0.1) is 0 Å². The van der Waals surface area contributed by atoms with E-state index in [0.717, 1.165) is 37.3 Å². The zero-order chi connectivity index (χ0) is 18.5. The molecule has 140 valence electrons. The lowest BCUT2D eigenvalue weighted by Gasteiger charge is -2.02. The largest absolute Gasteiger partial charge is 0.444 e. The van der Waals surface area contributed by atoms with Gasteiger partial charge < -0.3 is 15.1 Å². The summed E-state index contributed by atoms with van der Waals surface area (Å²) in [4.78, 5) is 16.6. The van der Waals surface area contributed by atoms with Gasteiger partial charge in [0.05, 0.1) is 23.6 Å². The highest BCUT2D eigenvalue weighted by Gasteiger charge is 2.12. The molecule has 7 nitrogen and oxygen atoms in total. The van der Waals surface area contributed by atoms with Crippen molar-refractivity contribution in [3.63, 3.8) is 0 Å². The van der Waals surface area contributed by atoms with Crippen molar-refractivity contribution in [1.82, 2.24) is 25.4 Å². The fraction of sp³-hybridized carbons (Fsp3) is 0.350. The van der Waals surface area contributed by atoms with Crippen LogP contribution < -0.4 is 10.6 Å². The van der Waals surface area contributed by atoms with Crippen LogP contribution in [0.25, 0.3) is 11.5 Å². The maximum atomic E-state index is 12.1. The van der Waals surface area contributed by atoms with Crippen LogP contribution >= 0.6 is 0 Å². The number of nitrogens with one attached hydrogen (secondary N) is 2. The highest BCUT2D eigenvalue weighted by atomic mass is 16.3. The number of hydrogen-bond acceptors (Lipinski definition) is 5. The molecule has 0 aliphatic carbocycles. The Kier molecular flexibility index (Phi) is 5.29. The van der Waals surface area contributed by atoms with Crippen LogP contribution in [0.5, 0.6) is 0 Å². The van der Waals surface area contributed by atoms with E-state index in [4.69, 9.17) is 4.42 Å². The van der Waals surface area contributed by atoms with Crippen LogP contribution in [0.4, 0.5) is 0 Å². The second kappa shape index (κ2) is 8.18. The van der Waals surface area contributed by atoms with Crippen molar-refractivity contribution in [2.45, 2.75) is 38.9 Å². The molecule has 1 aliphatic rings. The smallest absolute Gasteiger partial charge is 0.226 e. The number of aryl methyl sites for hydroxylation is 2. The molecular weight excluding hydrogens is 342 g/mol. The third-order valence-electron chi connectivity index (χ3n) is 4.59. The summed E-state index contributed by atoms with van der Waals surface area (Å²) in [6.45, 7) is 3.16. The molecule has 0 spiro atoms. The van der Waals surface area contributed by atoms with E-state index in [9.17, 15) is 4.79 Å². The average Bonchev–Trinajstić information content (AvgIpc) is 3.27. The standard InChI is InChI=1S/C20H23N5O2/c26-19(8-7-16-11-18-13-21-9-4-10-25(18)24-16)22-12-17-14-27-20(23-17)15-5-2-1-3-6-15/h1-3,5-6,11,14,21H,4,7-10,12-13H2,(H,22,26). The Hall–Kier alpha value is -2.93. The first kappa shape index (κ1) is 17.5. The molecule has 2 aromatic heterocycles. The maximum absolute atomic E-state index is 12.1. The van der Waals surface area contributed by atoms with Crippen molar-refractivity contribution in [2.24, 2.45) is 0 Å². The van der Waals surface area contributed by atoms with E-state index >= 15 is 0 Å². The number of rotatable bonds is 6. The number of carbonyl (C=O) groups is 1. The second-order valence-corrected chi connectivity index (χ2v) is 6.67. The summed E-state index contributed by atoms with van der Waals surface area (Å²) in [6, 6.07) is 11.8. The van der Waals surface area contributed by atoms with Crippen LogP contribution in [0.3, 0.4) is 0 Å². The minimum atomic E-state index is -0.0134. The molecule has 1 aliphatic heterocycles. The quantitative estimate of drug-likeness (QED) is 0.700. The zero-order valence-corrected chi connectivity index (χ0v) is 15.1. The minimum absolute atomic E-state index is 0.0134. The Morgan fingerprint density at radius 2 is 2.15 bits per heavy atom. The monoisotopic (exact) mass is 365 g/mol. The Morgan fingerprint density at radius 3 is 3.04 bits per heavy atom. The molecule has 0 bridgehead atoms. The number of fused-ring (bicyclic) bond motifs is 1. The molecule has 1 amide bonds. The molecule has 0 radical (unpaired) electrons. The molecule has 3 aromatic rings. The number of hydrogen-bond donors (Lipinski definition) is 2. The highest BCUT2D eigenvalue weighted by molar-refractivity contribution is 5.76. The average molecular weight is 365 g/mol. The molecule has 3 heterocycles. The molecular formula is C20H23N5O2. The summed E-state index contributed by atoms with van der Waals surface area (Å²) in [5.74, 6) is 0.550. The minimum Gasteiger partial charge on any atom is -0.444 e. The summed E-state index contributed by atoms with van der Waals surface area (Å²) in [7, 11) is 0. The molecule has 2 N–H and O–H groups in total. The number of benzene rings is 1. The number of aromatic nitrogens is 3. The van der Waals surface area contributed by atoms with E-state index in [-0.39, 0.29) is 5.91 Å². The van der Waals surface area contributed by atoms with Crippen LogP contribution in [0, 0.1) is 0 Å². The topological polar surface area (TPSA) is 85.0 Å². The van der Waals surface area contributed by atoms with Gasteiger partial charge in [0.15, 0.2) is 0 Å². The second-order valence-electron chi connectivity index (χ2n) is 6.67. The highest BCUT2D eigenvalue weighted by Crippen LogP contribution is 2.17. The fourth-order valence-electron chi connectivity index (χ4n) is 3.16. The van der Waals surface area contributed by atoms with Crippen LogP contribution in [0.2, 0.25) is 0 Å². The molecule has 7 heteroatoms. The van der Waals surface area contributed by atoms with Crippen molar-refractivity contribution in [3.05, 3.63) is 59.7 Å². The van der Waals surface area contributed by atoms with E-state index in [1.165, 1.54) is 5.69 Å². The van der Waals surface area contributed by atoms with E-state index in [1.807, 2.05) is 35.0 Å². The van der Waals surface area contributed by atoms with Crippen molar-refractivity contribution < 1.29 is 9.21 Å². The molecule has 1 aromatic carbocycles. The Morgan fingerprint density at radius 1 is 1.26 bits per heavy atom. The SMILES string of the molecule is O=C(CCc1cc2n(n1)CCCNC2)NCc1coc(-c2ccccc2)n1. The van der Waals surface area contributed by atoms with Crippen molar-refractivity contribution in [3.8, 4) is 11.5 Å². The van der Waals surface area contributed by atoms with Gasteiger partial charge in [-0.25, -0.2) is 4.98 Å². The van der Waals surface area contributed by atoms with Gasteiger partial charge in [0, 0.05) is 31.5 Å². The van der Waals surface area contributed by atoms with Gasteiger partial charge in [-0.1, -0.05) is 18.2 Å². The van der Waals surface area contributed by atoms with Gasteiger partial charge in [0.2, 0.25) is 11.8 Å². The van der Waals surface area contributed by atoms with Crippen molar-refractivity contribution >= 4 is 5.91 Å². The Labute approximate surface area is 157 Å². The van der Waals surface area contributed by atoms with Crippen LogP contribution in [0.1, 0.15) is 29.9 Å². The summed E-state index contributed by atoms with van der Waals surface area (Å²) < 4.78 is 7.54. The Balaban J connectivity index is 1.26. The third-order valence-corrected chi connectivity index (χ3v) is 4.59. The number of carbonyl (C=O) groups excluding carboxylic acids is 1. The number of oxazole rings is 1. The molecule has 4 rings (SSSR count). The van der Waals surface area contributed by atoms with Gasteiger partial charge in [-0.3, -0.25) is 9.48 Å². The molecule has 0 fully saturated rings. The lowest BCUT2D eigenvalue weighted by molar-refractivity contribution is -0.121. The van der Waals surface area contributed by atoms with E-state index < -0.39 is 0 Å². The summed E-state index contributed by atoms with van der Waals surface area (Å²) in [6.07, 6.45) is 3.71. The van der Waals surface area contributed by atoms with Gasteiger partial charge in [0.25, 0.3) is 0 Å². The van der Waals surface area contributed by atoms with Crippen LogP contribution in [0.15, 0.2) is 47.1 Å². The lowest BCUT2D eigenvalue weighted by Crippen LogP contribution is -2.23. The van der Waals surface area contributed by atoms with Crippen LogP contribution in [-0.4, -0.2) is 27.2 Å². The predicted molar refractivity (Wildman–Crippen MR) is 101 cm³/mol. The summed E-state index contributed by atoms with van der Waals surface area (Å²) in [5.41, 5.74) is 3.79. The Bertz CT molecular complexity index is 877. The molecule has 0 saturated heterocycles. The van der Waals surface area contributed by atoms with Gasteiger partial charge >= 0.3 is 0 Å². The van der Waals surface area contributed by atoms with E-state index in [1.54, 1.807) is 6.26 Å². The van der Waals surface area contributed by atoms with E-state index in [0.29, 0.717) is 31.0 Å². The van der Waals surface area contributed by atoms with Gasteiger partial charge in [0.1, 0.15) is 6.26 Å². The summed E-state index contributed by atoms with van der Waals surface area (Å²) in [5, 5.41) is 10.9. The van der Waals surface area contributed by atoms with Crippen LogP contribution in [-0.2, 0) is 30.8 Å². The number of nitrogens with zero attached hydrogens (tertiary/aromatic N) is 3. The lowest BCUT2D eigenvalue weighted by atomic mass is 10.2. The van der Waals surface area contributed by atoms with E-state index in [2.05, 4.69) is 26.8 Å². The molecule has 0 saturated carbocycles. The first-order valence-corrected chi connectivity index (χ1v) is 9.31.